The summed E-state index contributed by atoms with van der Waals surface area (Å²) in [6, 6.07) is 29.9. The Kier molecular flexibility index (Phi) is 13.0. The van der Waals surface area contributed by atoms with E-state index < -0.39 is 23.9 Å². The van der Waals surface area contributed by atoms with E-state index in [0.29, 0.717) is 6.04 Å². The normalized spacial score (nSPS) is 15.1. The zero-order chi connectivity index (χ0) is 34.8. The van der Waals surface area contributed by atoms with Gasteiger partial charge in [0, 0.05) is 29.3 Å². The summed E-state index contributed by atoms with van der Waals surface area (Å²) in [7, 11) is 2.19. The van der Waals surface area contributed by atoms with E-state index >= 15 is 0 Å². The largest absolute Gasteiger partial charge is 2.00 e. The van der Waals surface area contributed by atoms with Crippen LogP contribution in [0.15, 0.2) is 122 Å². The van der Waals surface area contributed by atoms with E-state index in [2.05, 4.69) is 32.5 Å². The molecule has 5 aromatic rings. The molecule has 1 aromatic heterocycles. The first-order valence-electron chi connectivity index (χ1n) is 15.4. The maximum atomic E-state index is 12.7. The van der Waals surface area contributed by atoms with Crippen LogP contribution >= 0.6 is 0 Å². The maximum absolute atomic E-state index is 12.7. The fourth-order valence-electron chi connectivity index (χ4n) is 5.28. The van der Waals surface area contributed by atoms with Crippen molar-refractivity contribution in [2.24, 2.45) is 0 Å². The number of aromatic hydroxyl groups is 2. The molecule has 0 saturated carbocycles. The van der Waals surface area contributed by atoms with Gasteiger partial charge >= 0.3 is 40.9 Å². The maximum Gasteiger partial charge on any atom is 2.00 e. The number of hydrogen-bond donors (Lipinski definition) is 2. The number of aromatic nitrogens is 1. The summed E-state index contributed by atoms with van der Waals surface area (Å²) in [5.41, 5.74) is 1.72. The van der Waals surface area contributed by atoms with Crippen LogP contribution < -0.4 is 4.74 Å². The second kappa shape index (κ2) is 17.5. The van der Waals surface area contributed by atoms with Crippen LogP contribution in [0, 0.1) is 0 Å². The number of aromatic carboxylic acids is 4. The molecule has 1 fully saturated rings. The average molecular weight is 726 g/mol. The first kappa shape index (κ1) is 37.0. The predicted octanol–water partition coefficient (Wildman–Crippen LogP) is 6.88. The fourth-order valence-corrected chi connectivity index (χ4v) is 5.28. The van der Waals surface area contributed by atoms with Gasteiger partial charge in [0.25, 0.3) is 0 Å². The van der Waals surface area contributed by atoms with Gasteiger partial charge in [-0.3, -0.25) is 9.88 Å². The predicted molar refractivity (Wildman–Crippen MR) is 181 cm³/mol. The van der Waals surface area contributed by atoms with Crippen molar-refractivity contribution >= 4 is 23.9 Å². The van der Waals surface area contributed by atoms with Crippen LogP contribution in [0.4, 0.5) is 0 Å². The summed E-state index contributed by atoms with van der Waals surface area (Å²) in [6.45, 7) is 1.22. The summed E-state index contributed by atoms with van der Waals surface area (Å²) >= 11 is 0. The molecule has 257 valence electrons. The molecule has 4 N–H and O–H groups in total. The number of carbonyl (C=O) groups is 4. The van der Waals surface area contributed by atoms with Crippen LogP contribution in [0.1, 0.15) is 65.9 Å². The molecule has 2 aliphatic rings. The molecule has 1 radical (unpaired) electrons. The Labute approximate surface area is 298 Å². The van der Waals surface area contributed by atoms with E-state index in [1.165, 1.54) is 55.3 Å². The quantitative estimate of drug-likeness (QED) is 0.0650. The van der Waals surface area contributed by atoms with Gasteiger partial charge in [-0.05, 0) is 80.5 Å². The van der Waals surface area contributed by atoms with Gasteiger partial charge in [0.2, 0.25) is 0 Å². The molecule has 0 aliphatic carbocycles. The minimum Gasteiger partial charge on any atom is -0.518 e. The van der Waals surface area contributed by atoms with Crippen molar-refractivity contribution in [1.29, 1.82) is 0 Å². The molecule has 0 bridgehead atoms. The number of likely N-dealkylation sites (tertiary alicyclic amines) is 1. The molecule has 0 spiro atoms. The van der Waals surface area contributed by atoms with Gasteiger partial charge in [0.15, 0.2) is 16.9 Å². The number of hydrogen-bond acceptors (Lipinski definition) is 8. The summed E-state index contributed by atoms with van der Waals surface area (Å²) in [6.07, 6.45) is 6.41. The van der Waals surface area contributed by atoms with Crippen molar-refractivity contribution in [2.75, 3.05) is 13.6 Å². The van der Waals surface area contributed by atoms with Gasteiger partial charge in [-0.15, -0.1) is 0 Å². The number of ether oxygens (including phenoxy) is 3. The number of phenols is 1. The number of cyclic esters (lactones) is 2. The summed E-state index contributed by atoms with van der Waals surface area (Å²) in [5.74, 6) is -2.76. The molecule has 11 nitrogen and oxygen atoms in total. The number of rotatable bonds is 2. The molecule has 0 amide bonds. The number of benzene rings is 4. The summed E-state index contributed by atoms with van der Waals surface area (Å²) in [5, 5.41) is 17.3. The summed E-state index contributed by atoms with van der Waals surface area (Å²) in [4.78, 5) is 54.6. The smallest absolute Gasteiger partial charge is 0.518 e. The molecular weight excluding hydrogens is 692 g/mol. The average Bonchev–Trinajstić information content (AvgIpc) is 3.55. The van der Waals surface area contributed by atoms with Crippen LogP contribution in [0.5, 0.6) is 23.0 Å². The number of carboxylic acid groups (broad SMARTS) is 1. The zero-order valence-electron chi connectivity index (χ0n) is 26.8. The number of fused-ring (bicyclic) bond motifs is 3. The Balaban J connectivity index is 0.000000201. The van der Waals surface area contributed by atoms with Crippen LogP contribution in [-0.4, -0.2) is 67.0 Å². The summed E-state index contributed by atoms with van der Waals surface area (Å²) < 4.78 is 13.5. The third-order valence-electron chi connectivity index (χ3n) is 7.74. The second-order valence-corrected chi connectivity index (χ2v) is 11.0. The van der Waals surface area contributed by atoms with E-state index in [1.807, 2.05) is 18.5 Å². The van der Waals surface area contributed by atoms with Crippen LogP contribution in [-0.2, 0) is 17.1 Å². The molecular formula is C38H34CuN2O9+4. The molecule has 1 unspecified atom stereocenters. The van der Waals surface area contributed by atoms with Gasteiger partial charge in [0.1, 0.15) is 28.4 Å². The Morgan fingerprint density at radius 1 is 0.760 bits per heavy atom. The van der Waals surface area contributed by atoms with Crippen molar-refractivity contribution in [1.82, 2.24) is 9.88 Å². The standard InChI is InChI=1S/C21H12O6.C10H14N2.C7H6O3.Cu/c22-19-13-7-1-4-10-16(13)25-17-11-5-2-8-14(17)20(23)27-21(24)15-9-3-6-12-18(15)26-19;1-12-7-3-5-10(12)9-4-2-6-11-8-9;8-6-4-2-1-3-5(6)7(9)10;/h1-12H;2,4,6,8,10H,3,5,7H2,1H3;1-4,8H,(H,9,10);/q;;;+2/p+2. The third kappa shape index (κ3) is 9.20. The van der Waals surface area contributed by atoms with Crippen molar-refractivity contribution in [3.63, 3.8) is 0 Å². The second-order valence-electron chi connectivity index (χ2n) is 11.0. The molecule has 7 rings (SSSR count). The first-order valence-corrected chi connectivity index (χ1v) is 15.4. The molecule has 12 heteroatoms. The van der Waals surface area contributed by atoms with Crippen LogP contribution in [0.2, 0.25) is 0 Å². The Hall–Kier alpha value is -5.81. The number of nitrogens with zero attached hydrogens (tertiary/aromatic N) is 2. The van der Waals surface area contributed by atoms with Gasteiger partial charge in [-0.1, -0.05) is 64.2 Å². The molecule has 50 heavy (non-hydrogen) atoms. The van der Waals surface area contributed by atoms with E-state index in [4.69, 9.17) is 14.9 Å². The van der Waals surface area contributed by atoms with Gasteiger partial charge in [-0.25, -0.2) is 4.79 Å². The van der Waals surface area contributed by atoms with E-state index in [0.717, 1.165) is 0 Å². The van der Waals surface area contributed by atoms with Crippen molar-refractivity contribution in [3.8, 4) is 23.0 Å². The fraction of sp³-hybridized carbons (Fsp3) is 0.132. The molecule has 2 aliphatic heterocycles. The SMILES string of the molecule is CN1CCCC1c1cccnc1.O=C(O)c1ccccc1O.O=C1[OH+]C(=O)c2ccccc2[OH+]C(=O)c2ccccc2Oc2ccccc21.[Cu+2]. The van der Waals surface area contributed by atoms with Crippen molar-refractivity contribution < 1.29 is 60.7 Å². The molecule has 1 saturated heterocycles. The minimum absolute atomic E-state index is 0. The van der Waals surface area contributed by atoms with Crippen LogP contribution in [0.3, 0.4) is 0 Å². The number of carboxylic acids is 4. The zero-order valence-corrected chi connectivity index (χ0v) is 27.7. The molecule has 1 atom stereocenters. The van der Waals surface area contributed by atoms with E-state index in [-0.39, 0.29) is 62.3 Å². The Morgan fingerprint density at radius 2 is 1.32 bits per heavy atom. The van der Waals surface area contributed by atoms with Gasteiger partial charge in [0.05, 0.1) is 0 Å². The van der Waals surface area contributed by atoms with Gasteiger partial charge in [-0.2, -0.15) is 0 Å². The number of pyridine rings is 1. The van der Waals surface area contributed by atoms with Gasteiger partial charge < -0.3 is 24.4 Å². The van der Waals surface area contributed by atoms with E-state index in [9.17, 15) is 19.2 Å². The third-order valence-corrected chi connectivity index (χ3v) is 7.74. The van der Waals surface area contributed by atoms with Crippen molar-refractivity contribution in [3.05, 3.63) is 149 Å². The molecule has 4 aromatic carbocycles. The van der Waals surface area contributed by atoms with Crippen molar-refractivity contribution in [2.45, 2.75) is 18.9 Å². The van der Waals surface area contributed by atoms with E-state index in [1.54, 1.807) is 66.7 Å². The Bertz CT molecular complexity index is 1970. The first-order chi connectivity index (χ1) is 23.7. The number of para-hydroxylation sites is 4. The van der Waals surface area contributed by atoms with Crippen LogP contribution in [0.25, 0.3) is 0 Å². The monoisotopic (exact) mass is 725 g/mol. The molecule has 3 heterocycles. The topological polar surface area (TPSA) is 160 Å². The Morgan fingerprint density at radius 3 is 1.88 bits per heavy atom. The minimum atomic E-state index is -1.11.